The molecule has 1 fully saturated rings. The molecule has 2 aromatic rings. The van der Waals surface area contributed by atoms with Crippen LogP contribution in [0.4, 0.5) is 0 Å². The first kappa shape index (κ1) is 13.7. The fraction of sp³-hybridized carbons (Fsp3) is 0.438. The number of rotatable bonds is 4. The van der Waals surface area contributed by atoms with Gasteiger partial charge < -0.3 is 5.32 Å². The van der Waals surface area contributed by atoms with Gasteiger partial charge in [-0.1, -0.05) is 37.3 Å². The highest BCUT2D eigenvalue weighted by molar-refractivity contribution is 7.09. The van der Waals surface area contributed by atoms with Crippen LogP contribution in [0.3, 0.4) is 0 Å². The van der Waals surface area contributed by atoms with Gasteiger partial charge in [0.2, 0.25) is 0 Å². The number of thiazole rings is 1. The van der Waals surface area contributed by atoms with Gasteiger partial charge in [-0.25, -0.2) is 4.98 Å². The number of piperazine rings is 1. The highest BCUT2D eigenvalue weighted by Gasteiger charge is 2.30. The van der Waals surface area contributed by atoms with Crippen LogP contribution >= 0.6 is 11.3 Å². The van der Waals surface area contributed by atoms with Crippen molar-refractivity contribution in [2.75, 3.05) is 19.6 Å². The molecule has 3 rings (SSSR count). The molecule has 2 atom stereocenters. The number of nitrogens with one attached hydrogen (secondary N) is 1. The van der Waals surface area contributed by atoms with Gasteiger partial charge >= 0.3 is 0 Å². The molecule has 106 valence electrons. The van der Waals surface area contributed by atoms with Crippen LogP contribution in [-0.4, -0.2) is 29.5 Å². The van der Waals surface area contributed by atoms with Gasteiger partial charge in [0.05, 0.1) is 6.04 Å². The van der Waals surface area contributed by atoms with Crippen molar-refractivity contribution in [1.82, 2.24) is 15.2 Å². The third-order valence-corrected chi connectivity index (χ3v) is 4.87. The number of benzene rings is 1. The Bertz CT molecular complexity index is 512. The number of hydrogen-bond acceptors (Lipinski definition) is 4. The van der Waals surface area contributed by atoms with E-state index in [1.54, 1.807) is 11.3 Å². The van der Waals surface area contributed by atoms with Crippen molar-refractivity contribution in [2.45, 2.75) is 25.4 Å². The van der Waals surface area contributed by atoms with Crippen LogP contribution in [0.1, 0.15) is 36.0 Å². The second-order valence-corrected chi connectivity index (χ2v) is 6.09. The second-order valence-electron chi connectivity index (χ2n) is 5.16. The van der Waals surface area contributed by atoms with Crippen LogP contribution in [0, 0.1) is 0 Å². The zero-order valence-corrected chi connectivity index (χ0v) is 12.6. The topological polar surface area (TPSA) is 28.2 Å². The van der Waals surface area contributed by atoms with E-state index in [4.69, 9.17) is 0 Å². The molecule has 0 spiro atoms. The molecule has 0 aliphatic carbocycles. The summed E-state index contributed by atoms with van der Waals surface area (Å²) >= 11 is 1.77. The van der Waals surface area contributed by atoms with Gasteiger partial charge in [0.15, 0.2) is 0 Å². The average molecular weight is 287 g/mol. The monoisotopic (exact) mass is 287 g/mol. The standard InChI is InChI=1S/C16H21N3S/c1-2-14(16-18-9-11-20-16)19-10-8-17-12-15(19)13-6-4-3-5-7-13/h3-7,9,11,14-15,17H,2,8,10,12H2,1H3. The molecule has 3 nitrogen and oxygen atoms in total. The molecule has 0 saturated carbocycles. The first-order valence-corrected chi connectivity index (χ1v) is 8.19. The summed E-state index contributed by atoms with van der Waals surface area (Å²) in [6, 6.07) is 11.7. The maximum absolute atomic E-state index is 4.55. The summed E-state index contributed by atoms with van der Waals surface area (Å²) in [5.41, 5.74) is 1.40. The Morgan fingerprint density at radius 3 is 2.95 bits per heavy atom. The van der Waals surface area contributed by atoms with Gasteiger partial charge in [0, 0.05) is 37.3 Å². The van der Waals surface area contributed by atoms with Crippen LogP contribution in [0.2, 0.25) is 0 Å². The lowest BCUT2D eigenvalue weighted by Gasteiger charge is -2.40. The molecule has 0 amide bonds. The number of aromatic nitrogens is 1. The molecule has 20 heavy (non-hydrogen) atoms. The van der Waals surface area contributed by atoms with E-state index in [9.17, 15) is 0 Å². The molecular weight excluding hydrogens is 266 g/mol. The minimum Gasteiger partial charge on any atom is -0.314 e. The van der Waals surface area contributed by atoms with E-state index in [-0.39, 0.29) is 0 Å². The van der Waals surface area contributed by atoms with Gasteiger partial charge in [-0.15, -0.1) is 11.3 Å². The summed E-state index contributed by atoms with van der Waals surface area (Å²) in [6.45, 7) is 5.42. The summed E-state index contributed by atoms with van der Waals surface area (Å²) in [4.78, 5) is 7.16. The van der Waals surface area contributed by atoms with Crippen LogP contribution in [-0.2, 0) is 0 Å². The third kappa shape index (κ3) is 2.77. The largest absolute Gasteiger partial charge is 0.314 e. The molecular formula is C16H21N3S. The van der Waals surface area contributed by atoms with Gasteiger partial charge in [0.1, 0.15) is 5.01 Å². The number of nitrogens with zero attached hydrogens (tertiary/aromatic N) is 2. The molecule has 0 bridgehead atoms. The van der Waals surface area contributed by atoms with Crippen molar-refractivity contribution in [3.8, 4) is 0 Å². The van der Waals surface area contributed by atoms with Gasteiger partial charge in [-0.3, -0.25) is 4.90 Å². The van der Waals surface area contributed by atoms with Crippen molar-refractivity contribution in [2.24, 2.45) is 0 Å². The Kier molecular flexibility index (Phi) is 4.45. The number of hydrogen-bond donors (Lipinski definition) is 1. The fourth-order valence-corrected chi connectivity index (χ4v) is 3.87. The summed E-state index contributed by atoms with van der Waals surface area (Å²) in [5, 5.41) is 6.86. The average Bonchev–Trinajstić information content (AvgIpc) is 3.04. The predicted octanol–water partition coefficient (Wildman–Crippen LogP) is 3.24. The highest BCUT2D eigenvalue weighted by Crippen LogP contribution is 2.34. The van der Waals surface area contributed by atoms with Crippen LogP contribution in [0.15, 0.2) is 41.9 Å². The zero-order valence-electron chi connectivity index (χ0n) is 11.8. The Hall–Kier alpha value is -1.23. The zero-order chi connectivity index (χ0) is 13.8. The fourth-order valence-electron chi connectivity index (χ4n) is 3.03. The lowest BCUT2D eigenvalue weighted by Crippen LogP contribution is -2.47. The van der Waals surface area contributed by atoms with E-state index in [1.807, 2.05) is 6.20 Å². The first-order chi connectivity index (χ1) is 9.90. The van der Waals surface area contributed by atoms with Crippen LogP contribution in [0.5, 0.6) is 0 Å². The van der Waals surface area contributed by atoms with Crippen molar-refractivity contribution in [3.63, 3.8) is 0 Å². The van der Waals surface area contributed by atoms with E-state index in [2.05, 4.69) is 57.8 Å². The summed E-state index contributed by atoms with van der Waals surface area (Å²) < 4.78 is 0. The minimum absolute atomic E-state index is 0.433. The molecule has 4 heteroatoms. The normalized spacial score (nSPS) is 21.8. The molecule has 1 N–H and O–H groups in total. The molecule has 0 radical (unpaired) electrons. The maximum atomic E-state index is 4.55. The van der Waals surface area contributed by atoms with Crippen LogP contribution < -0.4 is 5.32 Å². The van der Waals surface area contributed by atoms with E-state index in [0.717, 1.165) is 26.1 Å². The van der Waals surface area contributed by atoms with Crippen molar-refractivity contribution >= 4 is 11.3 Å². The van der Waals surface area contributed by atoms with Gasteiger partial charge in [-0.2, -0.15) is 0 Å². The second kappa shape index (κ2) is 6.48. The molecule has 2 heterocycles. The van der Waals surface area contributed by atoms with E-state index < -0.39 is 0 Å². The Morgan fingerprint density at radius 1 is 1.40 bits per heavy atom. The van der Waals surface area contributed by atoms with Crippen molar-refractivity contribution in [1.29, 1.82) is 0 Å². The summed E-state index contributed by atoms with van der Waals surface area (Å²) in [6.07, 6.45) is 3.03. The minimum atomic E-state index is 0.433. The van der Waals surface area contributed by atoms with E-state index >= 15 is 0 Å². The maximum Gasteiger partial charge on any atom is 0.110 e. The Morgan fingerprint density at radius 2 is 2.25 bits per heavy atom. The lowest BCUT2D eigenvalue weighted by molar-refractivity contribution is 0.102. The first-order valence-electron chi connectivity index (χ1n) is 7.31. The lowest BCUT2D eigenvalue weighted by atomic mass is 10.0. The summed E-state index contributed by atoms with van der Waals surface area (Å²) in [5.74, 6) is 0. The molecule has 1 aromatic carbocycles. The van der Waals surface area contributed by atoms with E-state index in [0.29, 0.717) is 12.1 Å². The molecule has 1 aliphatic heterocycles. The van der Waals surface area contributed by atoms with Crippen molar-refractivity contribution in [3.05, 3.63) is 52.5 Å². The van der Waals surface area contributed by atoms with E-state index in [1.165, 1.54) is 10.6 Å². The SMILES string of the molecule is CCC(c1nccs1)N1CCNCC1c1ccccc1. The van der Waals surface area contributed by atoms with Crippen molar-refractivity contribution < 1.29 is 0 Å². The smallest absolute Gasteiger partial charge is 0.110 e. The van der Waals surface area contributed by atoms with Gasteiger partial charge in [-0.05, 0) is 12.0 Å². The highest BCUT2D eigenvalue weighted by atomic mass is 32.1. The van der Waals surface area contributed by atoms with Gasteiger partial charge in [0.25, 0.3) is 0 Å². The molecule has 1 aliphatic rings. The Balaban J connectivity index is 1.88. The molecule has 1 saturated heterocycles. The predicted molar refractivity (Wildman–Crippen MR) is 83.9 cm³/mol. The summed E-state index contributed by atoms with van der Waals surface area (Å²) in [7, 11) is 0. The van der Waals surface area contributed by atoms with Crippen LogP contribution in [0.25, 0.3) is 0 Å². The molecule has 1 aromatic heterocycles. The Labute approximate surface area is 124 Å². The third-order valence-electron chi connectivity index (χ3n) is 3.99. The quantitative estimate of drug-likeness (QED) is 0.935. The molecule has 2 unspecified atom stereocenters.